The number of hydrogen-bond acceptors (Lipinski definition) is 9. The summed E-state index contributed by atoms with van der Waals surface area (Å²) in [7, 11) is 1.72. The molecule has 0 saturated heterocycles. The SMILES string of the molecule is CCOCCC(C)OC(=O)Nc1cccc(CO/N=C(/c2ccccc2)c2nnnn2C)n1. The highest BCUT2D eigenvalue weighted by Crippen LogP contribution is 2.11. The van der Waals surface area contributed by atoms with E-state index < -0.39 is 6.09 Å². The van der Waals surface area contributed by atoms with Crippen LogP contribution < -0.4 is 5.32 Å². The number of amides is 1. The lowest BCUT2D eigenvalue weighted by Crippen LogP contribution is -2.22. The molecule has 11 nitrogen and oxygen atoms in total. The van der Waals surface area contributed by atoms with E-state index in [1.54, 1.807) is 25.2 Å². The molecular formula is C22H27N7O4. The zero-order valence-electron chi connectivity index (χ0n) is 18.8. The Morgan fingerprint density at radius 3 is 2.73 bits per heavy atom. The van der Waals surface area contributed by atoms with Crippen LogP contribution in [0.15, 0.2) is 53.7 Å². The van der Waals surface area contributed by atoms with Gasteiger partial charge in [-0.1, -0.05) is 41.6 Å². The van der Waals surface area contributed by atoms with Crippen LogP contribution in [0.5, 0.6) is 0 Å². The van der Waals surface area contributed by atoms with Crippen molar-refractivity contribution >= 4 is 17.6 Å². The quantitative estimate of drug-likeness (QED) is 0.267. The molecule has 0 fully saturated rings. The van der Waals surface area contributed by atoms with E-state index in [0.717, 1.165) is 5.56 Å². The maximum atomic E-state index is 12.1. The van der Waals surface area contributed by atoms with Crippen molar-refractivity contribution in [3.05, 3.63) is 65.6 Å². The fourth-order valence-electron chi connectivity index (χ4n) is 2.81. The Morgan fingerprint density at radius 1 is 1.18 bits per heavy atom. The molecule has 33 heavy (non-hydrogen) atoms. The van der Waals surface area contributed by atoms with Crippen LogP contribution in [0.4, 0.5) is 10.6 Å². The Bertz CT molecular complexity index is 1060. The summed E-state index contributed by atoms with van der Waals surface area (Å²) in [5.41, 5.74) is 1.87. The van der Waals surface area contributed by atoms with E-state index in [-0.39, 0.29) is 12.7 Å². The van der Waals surface area contributed by atoms with Crippen molar-refractivity contribution in [1.82, 2.24) is 25.2 Å². The zero-order valence-corrected chi connectivity index (χ0v) is 18.8. The number of nitrogens with zero attached hydrogens (tertiary/aromatic N) is 6. The molecule has 0 bridgehead atoms. The molecule has 1 unspecified atom stereocenters. The van der Waals surface area contributed by atoms with Crippen molar-refractivity contribution in [2.75, 3.05) is 18.5 Å². The highest BCUT2D eigenvalue weighted by atomic mass is 16.6. The molecule has 0 radical (unpaired) electrons. The Labute approximate surface area is 191 Å². The normalized spacial score (nSPS) is 12.3. The van der Waals surface area contributed by atoms with Gasteiger partial charge in [0, 0.05) is 25.6 Å². The summed E-state index contributed by atoms with van der Waals surface area (Å²) in [4.78, 5) is 22.0. The number of ether oxygens (including phenoxy) is 2. The molecule has 3 aromatic rings. The van der Waals surface area contributed by atoms with Crippen LogP contribution in [0.1, 0.15) is 37.4 Å². The monoisotopic (exact) mass is 453 g/mol. The third-order valence-electron chi connectivity index (χ3n) is 4.47. The van der Waals surface area contributed by atoms with Gasteiger partial charge >= 0.3 is 6.09 Å². The van der Waals surface area contributed by atoms with E-state index in [0.29, 0.717) is 42.7 Å². The Morgan fingerprint density at radius 2 is 2.00 bits per heavy atom. The van der Waals surface area contributed by atoms with Crippen LogP contribution in [0.2, 0.25) is 0 Å². The fourth-order valence-corrected chi connectivity index (χ4v) is 2.81. The van der Waals surface area contributed by atoms with E-state index in [4.69, 9.17) is 14.3 Å². The van der Waals surface area contributed by atoms with Gasteiger partial charge in [-0.2, -0.15) is 0 Å². The number of anilines is 1. The van der Waals surface area contributed by atoms with Crippen LogP contribution in [-0.4, -0.2) is 56.3 Å². The molecule has 1 amide bonds. The van der Waals surface area contributed by atoms with Gasteiger partial charge in [0.05, 0.1) is 12.3 Å². The maximum absolute atomic E-state index is 12.1. The molecule has 3 rings (SSSR count). The third-order valence-corrected chi connectivity index (χ3v) is 4.47. The predicted octanol–water partition coefficient (Wildman–Crippen LogP) is 2.94. The Hall–Kier alpha value is -3.86. The first-order chi connectivity index (χ1) is 16.1. The smallest absolute Gasteiger partial charge is 0.413 e. The summed E-state index contributed by atoms with van der Waals surface area (Å²) in [6.45, 7) is 4.97. The molecule has 2 aromatic heterocycles. The number of carbonyl (C=O) groups excluding carboxylic acids is 1. The van der Waals surface area contributed by atoms with Crippen molar-refractivity contribution < 1.29 is 19.1 Å². The average Bonchev–Trinajstić information content (AvgIpc) is 3.23. The second kappa shape index (κ2) is 12.2. The van der Waals surface area contributed by atoms with Crippen molar-refractivity contribution in [1.29, 1.82) is 0 Å². The summed E-state index contributed by atoms with van der Waals surface area (Å²) < 4.78 is 12.1. The minimum absolute atomic E-state index is 0.0803. The highest BCUT2D eigenvalue weighted by Gasteiger charge is 2.15. The lowest BCUT2D eigenvalue weighted by molar-refractivity contribution is 0.0776. The summed E-state index contributed by atoms with van der Waals surface area (Å²) in [6, 6.07) is 14.7. The predicted molar refractivity (Wildman–Crippen MR) is 121 cm³/mol. The standard InChI is InChI=1S/C22H27N7O4/c1-4-31-14-13-16(2)33-22(30)24-19-12-8-11-18(23-19)15-32-26-20(17-9-6-5-7-10-17)21-25-27-28-29(21)3/h5-12,16H,4,13-15H2,1-3H3,(H,23,24,30)/b26-20-. The number of tetrazole rings is 1. The van der Waals surface area contributed by atoms with Gasteiger partial charge in [-0.3, -0.25) is 5.32 Å². The number of aryl methyl sites for hydroxylation is 1. The molecule has 1 atom stereocenters. The molecule has 0 aliphatic rings. The first-order valence-corrected chi connectivity index (χ1v) is 10.6. The van der Waals surface area contributed by atoms with Gasteiger partial charge in [0.1, 0.15) is 11.9 Å². The largest absolute Gasteiger partial charge is 0.446 e. The summed E-state index contributed by atoms with van der Waals surface area (Å²) >= 11 is 0. The molecule has 2 heterocycles. The maximum Gasteiger partial charge on any atom is 0.413 e. The van der Waals surface area contributed by atoms with Crippen LogP contribution in [-0.2, 0) is 28.0 Å². The van der Waals surface area contributed by atoms with Gasteiger partial charge in [0.25, 0.3) is 0 Å². The van der Waals surface area contributed by atoms with Crippen LogP contribution in [0, 0.1) is 0 Å². The van der Waals surface area contributed by atoms with E-state index >= 15 is 0 Å². The third kappa shape index (κ3) is 7.35. The minimum Gasteiger partial charge on any atom is -0.446 e. The number of rotatable bonds is 11. The van der Waals surface area contributed by atoms with Gasteiger partial charge in [-0.25, -0.2) is 14.5 Å². The molecule has 11 heteroatoms. The number of carbonyl (C=O) groups is 1. The van der Waals surface area contributed by atoms with Gasteiger partial charge < -0.3 is 14.3 Å². The molecule has 0 saturated carbocycles. The number of oxime groups is 1. The lowest BCUT2D eigenvalue weighted by Gasteiger charge is -2.13. The molecule has 0 aliphatic heterocycles. The number of pyridine rings is 1. The second-order valence-electron chi connectivity index (χ2n) is 7.05. The molecule has 1 N–H and O–H groups in total. The molecule has 0 aliphatic carbocycles. The average molecular weight is 454 g/mol. The molecular weight excluding hydrogens is 426 g/mol. The van der Waals surface area contributed by atoms with Crippen molar-refractivity contribution in [2.24, 2.45) is 12.2 Å². The number of nitrogens with one attached hydrogen (secondary N) is 1. The number of aromatic nitrogens is 5. The molecule has 1 aromatic carbocycles. The Kier molecular flexibility index (Phi) is 8.83. The van der Waals surface area contributed by atoms with Gasteiger partial charge in [0.15, 0.2) is 12.3 Å². The second-order valence-corrected chi connectivity index (χ2v) is 7.05. The fraction of sp³-hybridized carbons (Fsp3) is 0.364. The summed E-state index contributed by atoms with van der Waals surface area (Å²) in [5.74, 6) is 0.814. The summed E-state index contributed by atoms with van der Waals surface area (Å²) in [6.07, 6.45) is -0.238. The zero-order chi connectivity index (χ0) is 23.5. The van der Waals surface area contributed by atoms with Crippen LogP contribution in [0.25, 0.3) is 0 Å². The summed E-state index contributed by atoms with van der Waals surface area (Å²) in [5, 5.41) is 18.4. The van der Waals surface area contributed by atoms with Crippen molar-refractivity contribution in [3.8, 4) is 0 Å². The number of hydrogen-bond donors (Lipinski definition) is 1. The Balaban J connectivity index is 1.61. The molecule has 174 valence electrons. The van der Waals surface area contributed by atoms with Gasteiger partial charge in [0.2, 0.25) is 5.82 Å². The van der Waals surface area contributed by atoms with Crippen LogP contribution >= 0.6 is 0 Å². The lowest BCUT2D eigenvalue weighted by atomic mass is 10.1. The minimum atomic E-state index is -0.580. The first-order valence-electron chi connectivity index (χ1n) is 10.6. The molecule has 0 spiro atoms. The van der Waals surface area contributed by atoms with E-state index in [2.05, 4.69) is 31.0 Å². The van der Waals surface area contributed by atoms with E-state index in [1.165, 1.54) is 4.68 Å². The highest BCUT2D eigenvalue weighted by molar-refractivity contribution is 6.10. The van der Waals surface area contributed by atoms with Crippen LogP contribution in [0.3, 0.4) is 0 Å². The van der Waals surface area contributed by atoms with Gasteiger partial charge in [-0.05, 0) is 36.4 Å². The van der Waals surface area contributed by atoms with Crippen molar-refractivity contribution in [2.45, 2.75) is 33.0 Å². The van der Waals surface area contributed by atoms with E-state index in [9.17, 15) is 4.79 Å². The van der Waals surface area contributed by atoms with Crippen molar-refractivity contribution in [3.63, 3.8) is 0 Å². The first kappa shape index (κ1) is 23.8. The van der Waals surface area contributed by atoms with Gasteiger partial charge in [-0.15, -0.1) is 5.10 Å². The van der Waals surface area contributed by atoms with E-state index in [1.807, 2.05) is 44.2 Å². The topological polar surface area (TPSA) is 126 Å². The number of benzene rings is 1.